The molecule has 8 heteroatoms. The van der Waals surface area contributed by atoms with Crippen LogP contribution in [0.25, 0.3) is 0 Å². The smallest absolute Gasteiger partial charge is 0.303 e. The Morgan fingerprint density at radius 1 is 1.11 bits per heavy atom. The zero-order valence-electron chi connectivity index (χ0n) is 20.7. The van der Waals surface area contributed by atoms with Gasteiger partial charge in [-0.05, 0) is 79.7 Å². The van der Waals surface area contributed by atoms with Crippen LogP contribution in [-0.4, -0.2) is 59.7 Å². The Labute approximate surface area is 212 Å². The number of piperidine rings is 1. The highest BCUT2D eigenvalue weighted by Crippen LogP contribution is 2.38. The summed E-state index contributed by atoms with van der Waals surface area (Å²) in [5.41, 5.74) is 3.20. The fourth-order valence-electron chi connectivity index (χ4n) is 5.58. The molecule has 0 bridgehead atoms. The van der Waals surface area contributed by atoms with Crippen molar-refractivity contribution in [3.05, 3.63) is 47.2 Å². The van der Waals surface area contributed by atoms with Crippen molar-refractivity contribution >= 4 is 17.7 Å². The van der Waals surface area contributed by atoms with Gasteiger partial charge in [-0.25, -0.2) is 4.98 Å². The maximum atomic E-state index is 12.9. The van der Waals surface area contributed by atoms with Gasteiger partial charge in [-0.1, -0.05) is 12.1 Å². The second kappa shape index (κ2) is 11.2. The van der Waals surface area contributed by atoms with Crippen LogP contribution in [0.1, 0.15) is 61.3 Å². The molecule has 1 saturated heterocycles. The van der Waals surface area contributed by atoms with E-state index in [0.29, 0.717) is 43.5 Å². The molecule has 1 atom stereocenters. The molecule has 0 spiro atoms. The fourth-order valence-corrected chi connectivity index (χ4v) is 5.58. The van der Waals surface area contributed by atoms with Gasteiger partial charge in [0.2, 0.25) is 5.91 Å². The van der Waals surface area contributed by atoms with Crippen molar-refractivity contribution in [3.8, 4) is 11.5 Å². The number of carbonyl (C=O) groups is 2. The van der Waals surface area contributed by atoms with E-state index in [9.17, 15) is 14.7 Å². The number of aryl methyl sites for hydroxylation is 2. The molecule has 2 N–H and O–H groups in total. The Kier molecular flexibility index (Phi) is 7.58. The molecule has 0 saturated carbocycles. The van der Waals surface area contributed by atoms with Crippen molar-refractivity contribution in [1.82, 2.24) is 9.88 Å². The summed E-state index contributed by atoms with van der Waals surface area (Å²) in [6, 6.07) is 9.96. The second-order valence-corrected chi connectivity index (χ2v) is 10.1. The number of ether oxygens (including phenoxy) is 2. The molecule has 1 amide bonds. The van der Waals surface area contributed by atoms with Crippen molar-refractivity contribution in [1.29, 1.82) is 0 Å². The van der Waals surface area contributed by atoms with E-state index in [4.69, 9.17) is 14.5 Å². The van der Waals surface area contributed by atoms with Gasteiger partial charge in [-0.3, -0.25) is 9.59 Å². The molecule has 0 radical (unpaired) electrons. The van der Waals surface area contributed by atoms with Gasteiger partial charge in [0.25, 0.3) is 0 Å². The monoisotopic (exact) mass is 493 g/mol. The summed E-state index contributed by atoms with van der Waals surface area (Å²) in [6.45, 7) is 3.45. The lowest BCUT2D eigenvalue weighted by atomic mass is 9.82. The van der Waals surface area contributed by atoms with Gasteiger partial charge in [0.05, 0.1) is 6.42 Å². The summed E-state index contributed by atoms with van der Waals surface area (Å²) in [5, 5.41) is 12.9. The third kappa shape index (κ3) is 5.91. The van der Waals surface area contributed by atoms with E-state index in [1.54, 1.807) is 0 Å². The van der Waals surface area contributed by atoms with Crippen LogP contribution < -0.4 is 14.8 Å². The number of carbonyl (C=O) groups excluding carboxylic acids is 1. The molecule has 4 heterocycles. The van der Waals surface area contributed by atoms with Crippen molar-refractivity contribution < 1.29 is 24.2 Å². The molecule has 5 rings (SSSR count). The largest absolute Gasteiger partial charge is 0.486 e. The summed E-state index contributed by atoms with van der Waals surface area (Å²) < 4.78 is 11.3. The van der Waals surface area contributed by atoms with Crippen LogP contribution in [0, 0.1) is 5.92 Å². The van der Waals surface area contributed by atoms with E-state index in [0.717, 1.165) is 68.8 Å². The Bertz CT molecular complexity index is 1100. The number of carboxylic acid groups (broad SMARTS) is 1. The minimum absolute atomic E-state index is 0.0847. The van der Waals surface area contributed by atoms with Crippen molar-refractivity contribution in [2.45, 2.75) is 57.3 Å². The predicted molar refractivity (Wildman–Crippen MR) is 136 cm³/mol. The first-order valence-electron chi connectivity index (χ1n) is 13.2. The first-order valence-corrected chi connectivity index (χ1v) is 13.2. The maximum Gasteiger partial charge on any atom is 0.303 e. The molecule has 1 aromatic carbocycles. The lowest BCUT2D eigenvalue weighted by Crippen LogP contribution is -2.39. The predicted octanol–water partition coefficient (Wildman–Crippen LogP) is 4.03. The van der Waals surface area contributed by atoms with Crippen LogP contribution in [0.5, 0.6) is 11.5 Å². The number of benzene rings is 1. The van der Waals surface area contributed by atoms with Crippen LogP contribution in [-0.2, 0) is 22.4 Å². The van der Waals surface area contributed by atoms with E-state index in [1.807, 2.05) is 29.2 Å². The van der Waals surface area contributed by atoms with E-state index < -0.39 is 5.97 Å². The normalized spacial score (nSPS) is 18.2. The SMILES string of the molecule is O=C(O)CC(CC1CCN(C(=O)CCc2ccc3c(n2)NCCC3)CC1)c1ccc2c(c1)OCCO2. The number of nitrogens with one attached hydrogen (secondary N) is 1. The Morgan fingerprint density at radius 3 is 2.72 bits per heavy atom. The van der Waals surface area contributed by atoms with Crippen LogP contribution >= 0.6 is 0 Å². The number of carboxylic acids is 1. The third-order valence-electron chi connectivity index (χ3n) is 7.59. The summed E-state index contributed by atoms with van der Waals surface area (Å²) >= 11 is 0. The van der Waals surface area contributed by atoms with Gasteiger partial charge < -0.3 is 24.8 Å². The number of hydrogen-bond acceptors (Lipinski definition) is 6. The number of nitrogens with zero attached hydrogens (tertiary/aromatic N) is 2. The number of pyridine rings is 1. The molecule has 2 aromatic rings. The first-order chi connectivity index (χ1) is 17.5. The van der Waals surface area contributed by atoms with E-state index in [-0.39, 0.29) is 18.2 Å². The molecule has 36 heavy (non-hydrogen) atoms. The number of aliphatic carboxylic acids is 1. The van der Waals surface area contributed by atoms with Gasteiger partial charge in [0.1, 0.15) is 19.0 Å². The highest BCUT2D eigenvalue weighted by atomic mass is 16.6. The molecule has 192 valence electrons. The van der Waals surface area contributed by atoms with Crippen molar-refractivity contribution in [2.24, 2.45) is 5.92 Å². The summed E-state index contributed by atoms with van der Waals surface area (Å²) in [5.74, 6) is 2.06. The molecule has 1 unspecified atom stereocenters. The topological polar surface area (TPSA) is 101 Å². The molecule has 0 aliphatic carbocycles. The van der Waals surface area contributed by atoms with Crippen molar-refractivity contribution in [3.63, 3.8) is 0 Å². The molecule has 1 fully saturated rings. The van der Waals surface area contributed by atoms with Gasteiger partial charge in [0, 0.05) is 31.7 Å². The molecular formula is C28H35N3O5. The lowest BCUT2D eigenvalue weighted by Gasteiger charge is -2.34. The number of fused-ring (bicyclic) bond motifs is 2. The number of rotatable bonds is 8. The molecule has 8 nitrogen and oxygen atoms in total. The minimum atomic E-state index is -0.798. The summed E-state index contributed by atoms with van der Waals surface area (Å²) in [4.78, 5) is 31.1. The van der Waals surface area contributed by atoms with Gasteiger partial charge in [0.15, 0.2) is 11.5 Å². The molecule has 1 aromatic heterocycles. The molecule has 3 aliphatic rings. The summed E-state index contributed by atoms with van der Waals surface area (Å²) in [6.07, 6.45) is 5.98. The summed E-state index contributed by atoms with van der Waals surface area (Å²) in [7, 11) is 0. The number of hydrogen-bond donors (Lipinski definition) is 2. The van der Waals surface area contributed by atoms with Gasteiger partial charge >= 0.3 is 5.97 Å². The minimum Gasteiger partial charge on any atom is -0.486 e. The fraction of sp³-hybridized carbons (Fsp3) is 0.536. The Hall–Kier alpha value is -3.29. The number of amides is 1. The van der Waals surface area contributed by atoms with Crippen LogP contribution in [0.2, 0.25) is 0 Å². The van der Waals surface area contributed by atoms with Gasteiger partial charge in [-0.15, -0.1) is 0 Å². The number of likely N-dealkylation sites (tertiary alicyclic amines) is 1. The van der Waals surface area contributed by atoms with Crippen molar-refractivity contribution in [2.75, 3.05) is 38.2 Å². The van der Waals surface area contributed by atoms with E-state index in [2.05, 4.69) is 11.4 Å². The first kappa shape index (κ1) is 24.4. The highest BCUT2D eigenvalue weighted by Gasteiger charge is 2.27. The Balaban J connectivity index is 1.13. The highest BCUT2D eigenvalue weighted by molar-refractivity contribution is 5.76. The lowest BCUT2D eigenvalue weighted by molar-refractivity contribution is -0.137. The van der Waals surface area contributed by atoms with Crippen LogP contribution in [0.3, 0.4) is 0 Å². The zero-order valence-corrected chi connectivity index (χ0v) is 20.7. The Morgan fingerprint density at radius 2 is 1.92 bits per heavy atom. The quantitative estimate of drug-likeness (QED) is 0.573. The third-order valence-corrected chi connectivity index (χ3v) is 7.59. The standard InChI is InChI=1S/C28H35N3O5/c32-26(8-6-23-5-3-20-2-1-11-29-28(20)30-23)31-12-9-19(10-13-31)16-22(18-27(33)34)21-4-7-24-25(17-21)36-15-14-35-24/h3-5,7,17,19,22H,1-2,6,8-16,18H2,(H,29,30)(H,33,34). The average Bonchev–Trinajstić information content (AvgIpc) is 2.91. The van der Waals surface area contributed by atoms with E-state index >= 15 is 0 Å². The number of anilines is 1. The zero-order chi connectivity index (χ0) is 24.9. The molecular weight excluding hydrogens is 458 g/mol. The molecule has 3 aliphatic heterocycles. The second-order valence-electron chi connectivity index (χ2n) is 10.1. The maximum absolute atomic E-state index is 12.9. The number of aromatic nitrogens is 1. The van der Waals surface area contributed by atoms with Crippen LogP contribution in [0.15, 0.2) is 30.3 Å². The van der Waals surface area contributed by atoms with E-state index in [1.165, 1.54) is 5.56 Å². The van der Waals surface area contributed by atoms with Crippen LogP contribution in [0.4, 0.5) is 5.82 Å². The van der Waals surface area contributed by atoms with Gasteiger partial charge in [-0.2, -0.15) is 0 Å². The average molecular weight is 494 g/mol.